The smallest absolute Gasteiger partial charge is 0.137 e. The van der Waals surface area contributed by atoms with E-state index in [2.05, 4.69) is 26.1 Å². The number of ether oxygens (including phenoxy) is 2. The van der Waals surface area contributed by atoms with Crippen LogP contribution in [0.4, 0.5) is 4.39 Å². The number of benzene rings is 1. The Bertz CT molecular complexity index is 437. The zero-order chi connectivity index (χ0) is 14.5. The number of hydrogen-bond acceptors (Lipinski definition) is 4. The van der Waals surface area contributed by atoms with Crippen LogP contribution in [0.2, 0.25) is 0 Å². The topological polar surface area (TPSA) is 33.7 Å². The molecular weight excluding hydrogens is 398 g/mol. The molecule has 0 aliphatic carbocycles. The van der Waals surface area contributed by atoms with Crippen molar-refractivity contribution in [2.24, 2.45) is 0 Å². The first-order valence-electron chi connectivity index (χ1n) is 6.63. The van der Waals surface area contributed by atoms with E-state index in [0.29, 0.717) is 11.5 Å². The Hall–Kier alpha value is -0.270. The fraction of sp³-hybridized carbons (Fsp3) is 0.571. The van der Waals surface area contributed by atoms with Gasteiger partial charge in [-0.05, 0) is 33.6 Å². The summed E-state index contributed by atoms with van der Waals surface area (Å²) in [7, 11) is 3.19. The van der Waals surface area contributed by atoms with E-state index in [1.807, 2.05) is 12.1 Å². The highest BCUT2D eigenvalue weighted by molar-refractivity contribution is 9.10. The molecule has 8 heteroatoms. The molecule has 1 heterocycles. The highest BCUT2D eigenvalue weighted by Crippen LogP contribution is 2.38. The van der Waals surface area contributed by atoms with Crippen molar-refractivity contribution in [3.05, 3.63) is 22.2 Å². The van der Waals surface area contributed by atoms with Gasteiger partial charge < -0.3 is 14.8 Å². The number of rotatable bonds is 5. The van der Waals surface area contributed by atoms with Crippen LogP contribution >= 0.6 is 40.7 Å². The second-order valence-electron chi connectivity index (χ2n) is 4.70. The second-order valence-corrected chi connectivity index (χ2v) is 5.49. The highest BCUT2D eigenvalue weighted by atomic mass is 79.9. The second kappa shape index (κ2) is 10.5. The van der Waals surface area contributed by atoms with Crippen LogP contribution in [0.3, 0.4) is 0 Å². The monoisotopic (exact) mass is 418 g/mol. The molecule has 2 rings (SSSR count). The van der Waals surface area contributed by atoms with Gasteiger partial charge in [0, 0.05) is 26.2 Å². The van der Waals surface area contributed by atoms with Crippen molar-refractivity contribution in [1.82, 2.24) is 10.2 Å². The van der Waals surface area contributed by atoms with E-state index < -0.39 is 6.67 Å². The summed E-state index contributed by atoms with van der Waals surface area (Å²) in [6.07, 6.45) is 0. The van der Waals surface area contributed by atoms with Gasteiger partial charge in [-0.1, -0.05) is 0 Å². The molecule has 0 unspecified atom stereocenters. The van der Waals surface area contributed by atoms with E-state index in [0.717, 1.165) is 36.2 Å². The molecule has 1 aromatic carbocycles. The van der Waals surface area contributed by atoms with Crippen molar-refractivity contribution >= 4 is 40.7 Å². The summed E-state index contributed by atoms with van der Waals surface area (Å²) in [4.78, 5) is 2.15. The lowest BCUT2D eigenvalue weighted by Gasteiger charge is -2.34. The number of nitrogens with one attached hydrogen (secondary N) is 1. The fourth-order valence-corrected chi connectivity index (χ4v) is 3.03. The molecule has 0 amide bonds. The van der Waals surface area contributed by atoms with Gasteiger partial charge in [0.05, 0.1) is 20.3 Å². The zero-order valence-electron chi connectivity index (χ0n) is 12.6. The van der Waals surface area contributed by atoms with E-state index in [9.17, 15) is 4.39 Å². The predicted molar refractivity (Wildman–Crippen MR) is 94.9 cm³/mol. The molecule has 1 atom stereocenters. The maximum atomic E-state index is 13.5. The third-order valence-corrected chi connectivity index (χ3v) is 4.37. The molecule has 1 aliphatic rings. The molecule has 0 radical (unpaired) electrons. The standard InChI is InChI=1S/C14H20BrFN2O2.2ClH/c1-19-12-7-10(8-13(20-2)14(12)15)11(9-16)18-5-3-17-4-6-18;;/h7-8,11,17H,3-6,9H2,1-2H3;2*1H/t11-;;/m1../s1. The number of halogens is 4. The van der Waals surface area contributed by atoms with Gasteiger partial charge in [0.2, 0.25) is 0 Å². The maximum Gasteiger partial charge on any atom is 0.137 e. The largest absolute Gasteiger partial charge is 0.495 e. The van der Waals surface area contributed by atoms with Gasteiger partial charge in [-0.3, -0.25) is 4.90 Å². The van der Waals surface area contributed by atoms with Crippen molar-refractivity contribution in [3.8, 4) is 11.5 Å². The molecule has 4 nitrogen and oxygen atoms in total. The minimum atomic E-state index is -0.423. The molecule has 0 bridgehead atoms. The number of methoxy groups -OCH3 is 2. The SMILES string of the molecule is COc1cc([C@@H](CF)N2CCNCC2)cc(OC)c1Br.Cl.Cl. The lowest BCUT2D eigenvalue weighted by atomic mass is 10.0. The van der Waals surface area contributed by atoms with E-state index in [1.165, 1.54) is 0 Å². The Morgan fingerprint density at radius 2 is 1.68 bits per heavy atom. The molecule has 1 saturated heterocycles. The Morgan fingerprint density at radius 3 is 2.09 bits per heavy atom. The van der Waals surface area contributed by atoms with Crippen molar-refractivity contribution in [2.45, 2.75) is 6.04 Å². The highest BCUT2D eigenvalue weighted by Gasteiger charge is 2.24. The van der Waals surface area contributed by atoms with Crippen LogP contribution in [0, 0.1) is 0 Å². The van der Waals surface area contributed by atoms with E-state index >= 15 is 0 Å². The minimum absolute atomic E-state index is 0. The molecular formula is C14H22BrCl2FN2O2. The molecule has 1 N–H and O–H groups in total. The van der Waals surface area contributed by atoms with Gasteiger partial charge in [-0.25, -0.2) is 4.39 Å². The summed E-state index contributed by atoms with van der Waals surface area (Å²) in [5.74, 6) is 1.32. The van der Waals surface area contributed by atoms with E-state index in [-0.39, 0.29) is 30.9 Å². The quantitative estimate of drug-likeness (QED) is 0.794. The average Bonchev–Trinajstić information content (AvgIpc) is 2.50. The van der Waals surface area contributed by atoms with Crippen molar-refractivity contribution in [3.63, 3.8) is 0 Å². The van der Waals surface area contributed by atoms with Crippen LogP contribution in [0.15, 0.2) is 16.6 Å². The molecule has 1 aromatic rings. The normalized spacial score (nSPS) is 16.2. The number of alkyl halides is 1. The summed E-state index contributed by atoms with van der Waals surface area (Å²) < 4.78 is 25.0. The Balaban J connectivity index is 0.00000220. The molecule has 128 valence electrons. The average molecular weight is 420 g/mol. The van der Waals surface area contributed by atoms with Gasteiger partial charge in [0.25, 0.3) is 0 Å². The van der Waals surface area contributed by atoms with Crippen LogP contribution in [0.5, 0.6) is 11.5 Å². The minimum Gasteiger partial charge on any atom is -0.495 e. The first-order chi connectivity index (χ1) is 9.71. The van der Waals surface area contributed by atoms with Crippen LogP contribution in [0.25, 0.3) is 0 Å². The Morgan fingerprint density at radius 1 is 1.18 bits per heavy atom. The third-order valence-electron chi connectivity index (χ3n) is 3.59. The van der Waals surface area contributed by atoms with Crippen LogP contribution < -0.4 is 14.8 Å². The molecule has 1 aliphatic heterocycles. The van der Waals surface area contributed by atoms with Gasteiger partial charge >= 0.3 is 0 Å². The summed E-state index contributed by atoms with van der Waals surface area (Å²) in [6, 6.07) is 3.49. The van der Waals surface area contributed by atoms with Crippen molar-refractivity contribution in [2.75, 3.05) is 47.1 Å². The van der Waals surface area contributed by atoms with Gasteiger partial charge in [0.15, 0.2) is 0 Å². The van der Waals surface area contributed by atoms with E-state index in [4.69, 9.17) is 9.47 Å². The number of nitrogens with zero attached hydrogens (tertiary/aromatic N) is 1. The van der Waals surface area contributed by atoms with Gasteiger partial charge in [-0.15, -0.1) is 24.8 Å². The summed E-state index contributed by atoms with van der Waals surface area (Å²) in [5, 5.41) is 3.28. The van der Waals surface area contributed by atoms with Gasteiger partial charge in [-0.2, -0.15) is 0 Å². The first kappa shape index (κ1) is 21.7. The van der Waals surface area contributed by atoms with Crippen LogP contribution in [0.1, 0.15) is 11.6 Å². The maximum absolute atomic E-state index is 13.5. The lowest BCUT2D eigenvalue weighted by molar-refractivity contribution is 0.147. The van der Waals surface area contributed by atoms with Crippen LogP contribution in [-0.4, -0.2) is 52.0 Å². The van der Waals surface area contributed by atoms with Crippen molar-refractivity contribution in [1.29, 1.82) is 0 Å². The predicted octanol–water partition coefficient (Wildman–Crippen LogP) is 3.23. The van der Waals surface area contributed by atoms with Gasteiger partial charge in [0.1, 0.15) is 22.6 Å². The first-order valence-corrected chi connectivity index (χ1v) is 7.42. The summed E-state index contributed by atoms with van der Waals surface area (Å²) >= 11 is 3.44. The number of piperazine rings is 1. The van der Waals surface area contributed by atoms with Crippen molar-refractivity contribution < 1.29 is 13.9 Å². The van der Waals surface area contributed by atoms with E-state index in [1.54, 1.807) is 14.2 Å². The molecule has 1 fully saturated rings. The fourth-order valence-electron chi connectivity index (χ4n) is 2.47. The van der Waals surface area contributed by atoms with Crippen LogP contribution in [-0.2, 0) is 0 Å². The summed E-state index contributed by atoms with van der Waals surface area (Å²) in [5.41, 5.74) is 0.881. The Labute approximate surface area is 151 Å². The number of hydrogen-bond donors (Lipinski definition) is 1. The Kier molecular flexibility index (Phi) is 10.4. The molecule has 0 aromatic heterocycles. The third kappa shape index (κ3) is 4.86. The zero-order valence-corrected chi connectivity index (χ0v) is 15.8. The molecule has 0 saturated carbocycles. The lowest BCUT2D eigenvalue weighted by Crippen LogP contribution is -2.45. The molecule has 0 spiro atoms. The molecule has 22 heavy (non-hydrogen) atoms. The summed E-state index contributed by atoms with van der Waals surface area (Å²) in [6.45, 7) is 3.04.